The van der Waals surface area contributed by atoms with Crippen LogP contribution in [-0.2, 0) is 9.53 Å². The van der Waals surface area contributed by atoms with Crippen LogP contribution in [0.1, 0.15) is 46.5 Å². The molecular weight excluding hydrogens is 228 g/mol. The van der Waals surface area contributed by atoms with Crippen LogP contribution in [0.3, 0.4) is 0 Å². The third-order valence-corrected chi connectivity index (χ3v) is 5.27. The van der Waals surface area contributed by atoms with Gasteiger partial charge in [0.05, 0.1) is 11.5 Å². The zero-order valence-electron chi connectivity index (χ0n) is 11.6. The van der Waals surface area contributed by atoms with Gasteiger partial charge in [0, 0.05) is 0 Å². The van der Waals surface area contributed by atoms with Gasteiger partial charge in [-0.1, -0.05) is 0 Å². The highest BCUT2D eigenvalue weighted by Gasteiger charge is 2.56. The molecular formula is C15H24O3. The Bertz CT molecular complexity index is 357. The van der Waals surface area contributed by atoms with Crippen molar-refractivity contribution in [1.29, 1.82) is 0 Å². The quantitative estimate of drug-likeness (QED) is 0.729. The van der Waals surface area contributed by atoms with Crippen LogP contribution in [0, 0.1) is 29.1 Å². The Balaban J connectivity index is 1.62. The van der Waals surface area contributed by atoms with Crippen LogP contribution in [-0.4, -0.2) is 23.3 Å². The third kappa shape index (κ3) is 1.87. The fourth-order valence-electron chi connectivity index (χ4n) is 4.41. The summed E-state index contributed by atoms with van der Waals surface area (Å²) in [4.78, 5) is 11.9. The summed E-state index contributed by atoms with van der Waals surface area (Å²) in [6.07, 6.45) is 4.20. The van der Waals surface area contributed by atoms with Crippen LogP contribution in [0.4, 0.5) is 0 Å². The number of esters is 1. The minimum absolute atomic E-state index is 0.0830. The van der Waals surface area contributed by atoms with E-state index in [2.05, 4.69) is 0 Å². The molecule has 18 heavy (non-hydrogen) atoms. The summed E-state index contributed by atoms with van der Waals surface area (Å²) in [5.74, 6) is 2.40. The smallest absolute Gasteiger partial charge is 0.311 e. The van der Waals surface area contributed by atoms with Gasteiger partial charge in [0.1, 0.15) is 6.10 Å². The average Bonchev–Trinajstić information content (AvgIpc) is 2.85. The van der Waals surface area contributed by atoms with Crippen molar-refractivity contribution in [2.75, 3.05) is 0 Å². The predicted molar refractivity (Wildman–Crippen MR) is 67.8 cm³/mol. The lowest BCUT2D eigenvalue weighted by Crippen LogP contribution is -2.28. The molecule has 0 aromatic rings. The predicted octanol–water partition coefficient (Wildman–Crippen LogP) is 2.37. The van der Waals surface area contributed by atoms with Crippen molar-refractivity contribution in [2.45, 2.75) is 58.7 Å². The molecule has 3 saturated carbocycles. The Hall–Kier alpha value is -0.570. The topological polar surface area (TPSA) is 46.5 Å². The van der Waals surface area contributed by atoms with Gasteiger partial charge in [-0.25, -0.2) is 0 Å². The summed E-state index contributed by atoms with van der Waals surface area (Å²) < 4.78 is 5.65. The van der Waals surface area contributed by atoms with Gasteiger partial charge in [-0.15, -0.1) is 0 Å². The summed E-state index contributed by atoms with van der Waals surface area (Å²) in [6, 6.07) is 0. The van der Waals surface area contributed by atoms with E-state index in [1.54, 1.807) is 0 Å². The molecule has 0 radical (unpaired) electrons. The number of carbonyl (C=O) groups is 1. The molecule has 2 bridgehead atoms. The number of aliphatic hydroxyl groups excluding tert-OH is 1. The molecule has 6 unspecified atom stereocenters. The van der Waals surface area contributed by atoms with Gasteiger partial charge < -0.3 is 9.84 Å². The van der Waals surface area contributed by atoms with Gasteiger partial charge in [-0.2, -0.15) is 0 Å². The third-order valence-electron chi connectivity index (χ3n) is 5.27. The van der Waals surface area contributed by atoms with E-state index in [0.717, 1.165) is 19.3 Å². The van der Waals surface area contributed by atoms with E-state index in [9.17, 15) is 9.90 Å². The first-order valence-electron chi connectivity index (χ1n) is 7.25. The fourth-order valence-corrected chi connectivity index (χ4v) is 4.41. The van der Waals surface area contributed by atoms with Crippen LogP contribution >= 0.6 is 0 Å². The van der Waals surface area contributed by atoms with Crippen molar-refractivity contribution in [1.82, 2.24) is 0 Å². The Kier molecular flexibility index (Phi) is 2.74. The first-order valence-corrected chi connectivity index (χ1v) is 7.25. The summed E-state index contributed by atoms with van der Waals surface area (Å²) in [7, 11) is 0. The van der Waals surface area contributed by atoms with Crippen molar-refractivity contribution in [3.05, 3.63) is 0 Å². The zero-order valence-corrected chi connectivity index (χ0v) is 11.6. The summed E-state index contributed by atoms with van der Waals surface area (Å²) in [5.41, 5.74) is -0.407. The summed E-state index contributed by atoms with van der Waals surface area (Å²) in [5, 5.41) is 9.96. The van der Waals surface area contributed by atoms with Crippen LogP contribution in [0.15, 0.2) is 0 Å². The molecule has 3 fully saturated rings. The van der Waals surface area contributed by atoms with Gasteiger partial charge in [-0.3, -0.25) is 4.79 Å². The SMILES string of the molecule is CC(C)(C)C(=O)OC1CC2C3CC(O)C(C3)C2C1. The number of ether oxygens (including phenoxy) is 1. The van der Waals surface area contributed by atoms with Crippen LogP contribution in [0.5, 0.6) is 0 Å². The van der Waals surface area contributed by atoms with Crippen molar-refractivity contribution in [3.63, 3.8) is 0 Å². The van der Waals surface area contributed by atoms with Gasteiger partial charge in [0.2, 0.25) is 0 Å². The highest BCUT2D eigenvalue weighted by Crippen LogP contribution is 2.59. The molecule has 3 aliphatic rings. The molecule has 1 N–H and O–H groups in total. The molecule has 3 nitrogen and oxygen atoms in total. The lowest BCUT2D eigenvalue weighted by Gasteiger charge is -2.27. The maximum atomic E-state index is 11.9. The van der Waals surface area contributed by atoms with Crippen LogP contribution in [0.2, 0.25) is 0 Å². The van der Waals surface area contributed by atoms with Crippen molar-refractivity contribution >= 4 is 5.97 Å². The molecule has 3 aliphatic carbocycles. The van der Waals surface area contributed by atoms with E-state index in [0.29, 0.717) is 23.7 Å². The molecule has 0 aromatic heterocycles. The number of fused-ring (bicyclic) bond motifs is 5. The maximum absolute atomic E-state index is 11.9. The zero-order chi connectivity index (χ0) is 13.1. The van der Waals surface area contributed by atoms with E-state index < -0.39 is 5.41 Å². The first kappa shape index (κ1) is 12.5. The molecule has 0 aromatic carbocycles. The molecule has 0 amide bonds. The minimum atomic E-state index is -0.407. The second kappa shape index (κ2) is 3.96. The number of rotatable bonds is 1. The molecule has 3 rings (SSSR count). The standard InChI is InChI=1S/C15H24O3/c1-15(2,3)14(17)18-9-6-10-8-4-12(11(10)7-9)13(16)5-8/h8-13,16H,4-7H2,1-3H3. The van der Waals surface area contributed by atoms with Gasteiger partial charge in [0.25, 0.3) is 0 Å². The number of aliphatic hydroxyl groups is 1. The van der Waals surface area contributed by atoms with Crippen molar-refractivity contribution in [2.24, 2.45) is 29.1 Å². The Labute approximate surface area is 109 Å². The number of carbonyl (C=O) groups excluding carboxylic acids is 1. The highest BCUT2D eigenvalue weighted by atomic mass is 16.5. The van der Waals surface area contributed by atoms with Crippen molar-refractivity contribution < 1.29 is 14.6 Å². The molecule has 0 aliphatic heterocycles. The minimum Gasteiger partial charge on any atom is -0.462 e. The van der Waals surface area contributed by atoms with Crippen LogP contribution in [0.25, 0.3) is 0 Å². The Morgan fingerprint density at radius 3 is 2.39 bits per heavy atom. The van der Waals surface area contributed by atoms with Gasteiger partial charge >= 0.3 is 5.97 Å². The van der Waals surface area contributed by atoms with E-state index >= 15 is 0 Å². The monoisotopic (exact) mass is 252 g/mol. The Morgan fingerprint density at radius 1 is 1.06 bits per heavy atom. The molecule has 3 heteroatoms. The second-order valence-corrected chi connectivity index (χ2v) is 7.54. The average molecular weight is 252 g/mol. The summed E-state index contributed by atoms with van der Waals surface area (Å²) >= 11 is 0. The first-order chi connectivity index (χ1) is 8.36. The van der Waals surface area contributed by atoms with Crippen LogP contribution < -0.4 is 0 Å². The lowest BCUT2D eigenvalue weighted by molar-refractivity contribution is -0.158. The number of hydrogen-bond donors (Lipinski definition) is 1. The second-order valence-electron chi connectivity index (χ2n) is 7.54. The largest absolute Gasteiger partial charge is 0.462 e. The molecule has 102 valence electrons. The molecule has 6 atom stereocenters. The van der Waals surface area contributed by atoms with E-state index in [1.165, 1.54) is 6.42 Å². The maximum Gasteiger partial charge on any atom is 0.311 e. The van der Waals surface area contributed by atoms with E-state index in [1.807, 2.05) is 20.8 Å². The Morgan fingerprint density at radius 2 is 1.72 bits per heavy atom. The fraction of sp³-hybridized carbons (Fsp3) is 0.933. The van der Waals surface area contributed by atoms with Gasteiger partial charge in [0.15, 0.2) is 0 Å². The molecule has 0 spiro atoms. The molecule has 0 saturated heterocycles. The molecule has 0 heterocycles. The lowest BCUT2D eigenvalue weighted by atomic mass is 9.80. The van der Waals surface area contributed by atoms with Gasteiger partial charge in [-0.05, 0) is 70.1 Å². The highest BCUT2D eigenvalue weighted by molar-refractivity contribution is 5.75. The van der Waals surface area contributed by atoms with Crippen molar-refractivity contribution in [3.8, 4) is 0 Å². The van der Waals surface area contributed by atoms with E-state index in [-0.39, 0.29) is 18.2 Å². The normalized spacial score (nSPS) is 46.2. The van der Waals surface area contributed by atoms with E-state index in [4.69, 9.17) is 4.74 Å². The number of hydrogen-bond acceptors (Lipinski definition) is 3. The summed E-state index contributed by atoms with van der Waals surface area (Å²) in [6.45, 7) is 5.70.